The molecule has 214 valence electrons. The van der Waals surface area contributed by atoms with Crippen molar-refractivity contribution in [3.63, 3.8) is 0 Å². The molecule has 0 bridgehead atoms. The first-order valence-electron chi connectivity index (χ1n) is 15.3. The highest BCUT2D eigenvalue weighted by atomic mass is 16.3. The van der Waals surface area contributed by atoms with Crippen LogP contribution in [0.3, 0.4) is 0 Å². The topological polar surface area (TPSA) is 57.5 Å². The summed E-state index contributed by atoms with van der Waals surface area (Å²) < 4.78 is 8.67. The van der Waals surface area contributed by atoms with Crippen LogP contribution in [0.1, 0.15) is 18.1 Å². The van der Waals surface area contributed by atoms with Crippen molar-refractivity contribution in [2.75, 3.05) is 0 Å². The Morgan fingerprint density at radius 3 is 2.40 bits per heavy atom. The maximum atomic E-state index is 9.36. The van der Waals surface area contributed by atoms with Crippen LogP contribution in [0, 0.1) is 23.2 Å². The second-order valence-electron chi connectivity index (χ2n) is 12.0. The molecule has 0 saturated carbocycles. The van der Waals surface area contributed by atoms with E-state index in [4.69, 9.17) is 9.52 Å². The molecule has 0 amide bonds. The lowest BCUT2D eigenvalue weighted by Gasteiger charge is -2.26. The first kappa shape index (κ1) is 25.6. The molecule has 5 heteroatoms. The zero-order valence-corrected chi connectivity index (χ0v) is 24.7. The van der Waals surface area contributed by atoms with Gasteiger partial charge in [0.15, 0.2) is 0 Å². The van der Waals surface area contributed by atoms with E-state index in [0.29, 0.717) is 18.2 Å². The predicted molar refractivity (Wildman–Crippen MR) is 182 cm³/mol. The Balaban J connectivity index is 1.16. The number of hydrazone groups is 1. The van der Waals surface area contributed by atoms with Crippen molar-refractivity contribution in [2.24, 2.45) is 16.9 Å². The van der Waals surface area contributed by atoms with E-state index in [0.717, 1.165) is 44.3 Å². The number of nitriles is 1. The fourth-order valence-corrected chi connectivity index (χ4v) is 7.20. The van der Waals surface area contributed by atoms with Crippen molar-refractivity contribution < 1.29 is 4.42 Å². The van der Waals surface area contributed by atoms with Gasteiger partial charge in [-0.2, -0.15) is 10.4 Å². The van der Waals surface area contributed by atoms with Crippen LogP contribution < -0.4 is 0 Å². The van der Waals surface area contributed by atoms with Crippen LogP contribution in [0.2, 0.25) is 0 Å². The molecule has 1 aliphatic carbocycles. The van der Waals surface area contributed by atoms with Gasteiger partial charge in [0.2, 0.25) is 0 Å². The van der Waals surface area contributed by atoms with E-state index in [1.807, 2.05) is 36.4 Å². The minimum Gasteiger partial charge on any atom is -0.456 e. The number of hydrogen-bond donors (Lipinski definition) is 0. The maximum Gasteiger partial charge on any atom is 0.136 e. The summed E-state index contributed by atoms with van der Waals surface area (Å²) in [5.41, 5.74) is 10.4. The van der Waals surface area contributed by atoms with Crippen molar-refractivity contribution in [1.29, 1.82) is 5.26 Å². The van der Waals surface area contributed by atoms with Crippen LogP contribution in [-0.4, -0.2) is 15.3 Å². The van der Waals surface area contributed by atoms with Gasteiger partial charge in [0.25, 0.3) is 0 Å². The monoisotopic (exact) mass is 580 g/mol. The number of furan rings is 1. The third-order valence-corrected chi connectivity index (χ3v) is 9.40. The van der Waals surface area contributed by atoms with Gasteiger partial charge in [0, 0.05) is 27.2 Å². The molecule has 9 rings (SSSR count). The molecule has 3 heterocycles. The molecule has 45 heavy (non-hydrogen) atoms. The van der Waals surface area contributed by atoms with Crippen molar-refractivity contribution >= 4 is 49.5 Å². The van der Waals surface area contributed by atoms with Gasteiger partial charge in [-0.15, -0.1) is 0 Å². The number of para-hydroxylation sites is 2. The molecular weight excluding hydrogens is 552 g/mol. The lowest BCUT2D eigenvalue weighted by molar-refractivity contribution is 0.294. The fourth-order valence-electron chi connectivity index (χ4n) is 7.20. The molecule has 5 nitrogen and oxygen atoms in total. The highest BCUT2D eigenvalue weighted by molar-refractivity contribution is 6.16. The van der Waals surface area contributed by atoms with E-state index >= 15 is 0 Å². The summed E-state index contributed by atoms with van der Waals surface area (Å²) in [5.74, 6) is 0.483. The SMILES string of the molecule is CC1C=CC=C2C1C(c1ccc(-c3cccc(C#N)c3)cc1)=NN2Cn1c2ccccc2c2cc3oc4ccccc4c3cc21. The summed E-state index contributed by atoms with van der Waals surface area (Å²) in [6.07, 6.45) is 6.66. The number of nitrogens with zero attached hydrogens (tertiary/aromatic N) is 4. The summed E-state index contributed by atoms with van der Waals surface area (Å²) in [5, 5.41) is 21.5. The summed E-state index contributed by atoms with van der Waals surface area (Å²) in [4.78, 5) is 0. The van der Waals surface area contributed by atoms with Crippen LogP contribution in [0.15, 0.2) is 143 Å². The number of benzene rings is 5. The Morgan fingerprint density at radius 1 is 0.733 bits per heavy atom. The highest BCUT2D eigenvalue weighted by Crippen LogP contribution is 2.41. The predicted octanol–water partition coefficient (Wildman–Crippen LogP) is 9.62. The quantitative estimate of drug-likeness (QED) is 0.208. The van der Waals surface area contributed by atoms with Gasteiger partial charge >= 0.3 is 0 Å². The number of allylic oxidation sites excluding steroid dienone is 4. The number of aromatic nitrogens is 1. The van der Waals surface area contributed by atoms with Crippen LogP contribution in [0.4, 0.5) is 0 Å². The zero-order chi connectivity index (χ0) is 30.1. The smallest absolute Gasteiger partial charge is 0.136 e. The minimum absolute atomic E-state index is 0.167. The first-order valence-corrected chi connectivity index (χ1v) is 15.3. The van der Waals surface area contributed by atoms with Crippen LogP contribution >= 0.6 is 0 Å². The van der Waals surface area contributed by atoms with E-state index < -0.39 is 0 Å². The Kier molecular flexibility index (Phi) is 5.60. The Bertz CT molecular complexity index is 2450. The van der Waals surface area contributed by atoms with E-state index in [1.54, 1.807) is 0 Å². The molecule has 0 N–H and O–H groups in total. The summed E-state index contributed by atoms with van der Waals surface area (Å²) in [6, 6.07) is 39.9. The molecule has 0 radical (unpaired) electrons. The fraction of sp³-hybridized carbons (Fsp3) is 0.100. The molecule has 7 aromatic rings. The van der Waals surface area contributed by atoms with Gasteiger partial charge in [-0.25, -0.2) is 5.01 Å². The number of hydrogen-bond acceptors (Lipinski definition) is 4. The number of fused-ring (bicyclic) bond motifs is 7. The molecule has 0 fully saturated rings. The second-order valence-corrected chi connectivity index (χ2v) is 12.0. The van der Waals surface area contributed by atoms with Gasteiger partial charge < -0.3 is 8.98 Å². The summed E-state index contributed by atoms with van der Waals surface area (Å²) >= 11 is 0. The molecule has 0 spiro atoms. The summed E-state index contributed by atoms with van der Waals surface area (Å²) in [6.45, 7) is 2.87. The van der Waals surface area contributed by atoms with Crippen LogP contribution in [-0.2, 0) is 6.67 Å². The molecule has 2 atom stereocenters. The largest absolute Gasteiger partial charge is 0.456 e. The van der Waals surface area contributed by atoms with Gasteiger partial charge in [-0.05, 0) is 65.1 Å². The van der Waals surface area contributed by atoms with Crippen molar-refractivity contribution in [1.82, 2.24) is 9.58 Å². The van der Waals surface area contributed by atoms with Gasteiger partial charge in [-0.3, -0.25) is 0 Å². The van der Waals surface area contributed by atoms with E-state index in [-0.39, 0.29) is 5.92 Å². The maximum absolute atomic E-state index is 9.36. The molecule has 5 aromatic carbocycles. The van der Waals surface area contributed by atoms with E-state index in [2.05, 4.69) is 114 Å². The standard InChI is InChI=1S/C40H28N4O/c1-25-8-6-14-35-39(25)40(28-18-16-27(17-19-28)29-10-7-9-26(20-29)23-41)42-44(35)24-43-34-13-4-2-11-30(34)32-22-38-33(21-36(32)43)31-12-3-5-15-37(31)45-38/h2-22,25,39H,24H2,1H3. The van der Waals surface area contributed by atoms with Gasteiger partial charge in [-0.1, -0.05) is 91.9 Å². The Morgan fingerprint density at radius 2 is 1.53 bits per heavy atom. The lowest BCUT2D eigenvalue weighted by atomic mass is 9.81. The molecule has 2 unspecified atom stereocenters. The zero-order valence-electron chi connectivity index (χ0n) is 24.7. The third kappa shape index (κ3) is 3.96. The van der Waals surface area contributed by atoms with E-state index in [1.165, 1.54) is 27.5 Å². The van der Waals surface area contributed by atoms with Crippen molar-refractivity contribution in [2.45, 2.75) is 13.6 Å². The average molecular weight is 581 g/mol. The van der Waals surface area contributed by atoms with E-state index in [9.17, 15) is 5.26 Å². The Hall–Kier alpha value is -5.86. The molecule has 1 aliphatic heterocycles. The molecular formula is C40H28N4O. The van der Waals surface area contributed by atoms with Gasteiger partial charge in [0.1, 0.15) is 17.8 Å². The second kappa shape index (κ2) is 9.83. The third-order valence-electron chi connectivity index (χ3n) is 9.40. The number of rotatable bonds is 4. The van der Waals surface area contributed by atoms with Crippen molar-refractivity contribution in [3.05, 3.63) is 144 Å². The first-order chi connectivity index (χ1) is 22.2. The molecule has 0 saturated heterocycles. The molecule has 2 aliphatic rings. The normalized spacial score (nSPS) is 17.6. The van der Waals surface area contributed by atoms with Crippen molar-refractivity contribution in [3.8, 4) is 17.2 Å². The average Bonchev–Trinajstić information content (AvgIpc) is 3.74. The Labute approximate surface area is 260 Å². The summed E-state index contributed by atoms with van der Waals surface area (Å²) in [7, 11) is 0. The highest BCUT2D eigenvalue weighted by Gasteiger charge is 2.37. The van der Waals surface area contributed by atoms with Crippen LogP contribution in [0.5, 0.6) is 0 Å². The van der Waals surface area contributed by atoms with Gasteiger partial charge in [0.05, 0.1) is 34.3 Å². The minimum atomic E-state index is 0.167. The lowest BCUT2D eigenvalue weighted by Crippen LogP contribution is -2.26. The molecule has 2 aromatic heterocycles. The van der Waals surface area contributed by atoms with Crippen LogP contribution in [0.25, 0.3) is 54.9 Å².